The SMILES string of the molecule is CC(C)(C)NC(=O)C(C)(C)C(=O)Nc1ccc(Cl)cc1Cl. The lowest BCUT2D eigenvalue weighted by molar-refractivity contribution is -0.139. The Labute approximate surface area is 135 Å². The van der Waals surface area contributed by atoms with Crippen molar-refractivity contribution in [3.63, 3.8) is 0 Å². The molecule has 0 fully saturated rings. The zero-order valence-corrected chi connectivity index (χ0v) is 14.3. The van der Waals surface area contributed by atoms with Crippen LogP contribution in [0, 0.1) is 5.41 Å². The van der Waals surface area contributed by atoms with Gasteiger partial charge in [-0.2, -0.15) is 0 Å². The fourth-order valence-corrected chi connectivity index (χ4v) is 1.93. The van der Waals surface area contributed by atoms with Gasteiger partial charge in [-0.25, -0.2) is 0 Å². The van der Waals surface area contributed by atoms with Crippen molar-refractivity contribution in [3.05, 3.63) is 28.2 Å². The summed E-state index contributed by atoms with van der Waals surface area (Å²) in [6, 6.07) is 4.74. The molecular weight excluding hydrogens is 311 g/mol. The summed E-state index contributed by atoms with van der Waals surface area (Å²) >= 11 is 11.8. The first-order valence-electron chi connectivity index (χ1n) is 6.52. The van der Waals surface area contributed by atoms with Crippen LogP contribution in [0.25, 0.3) is 0 Å². The third-order valence-corrected chi connectivity index (χ3v) is 3.35. The highest BCUT2D eigenvalue weighted by atomic mass is 35.5. The van der Waals surface area contributed by atoms with Crippen LogP contribution in [0.2, 0.25) is 10.0 Å². The van der Waals surface area contributed by atoms with E-state index in [4.69, 9.17) is 23.2 Å². The number of benzene rings is 1. The summed E-state index contributed by atoms with van der Waals surface area (Å²) < 4.78 is 0. The van der Waals surface area contributed by atoms with E-state index < -0.39 is 16.9 Å². The zero-order chi connectivity index (χ0) is 16.4. The molecule has 1 aromatic rings. The van der Waals surface area contributed by atoms with Gasteiger partial charge >= 0.3 is 0 Å². The van der Waals surface area contributed by atoms with Crippen LogP contribution in [0.3, 0.4) is 0 Å². The normalized spacial score (nSPS) is 12.0. The minimum atomic E-state index is -1.23. The van der Waals surface area contributed by atoms with E-state index in [-0.39, 0.29) is 5.91 Å². The van der Waals surface area contributed by atoms with Gasteiger partial charge in [-0.3, -0.25) is 9.59 Å². The van der Waals surface area contributed by atoms with Gasteiger partial charge in [-0.15, -0.1) is 0 Å². The summed E-state index contributed by atoms with van der Waals surface area (Å²) in [4.78, 5) is 24.6. The smallest absolute Gasteiger partial charge is 0.239 e. The molecule has 0 atom stereocenters. The highest BCUT2D eigenvalue weighted by molar-refractivity contribution is 6.36. The van der Waals surface area contributed by atoms with E-state index in [1.54, 1.807) is 26.0 Å². The van der Waals surface area contributed by atoms with Crippen molar-refractivity contribution in [2.75, 3.05) is 5.32 Å². The predicted octanol–water partition coefficient (Wildman–Crippen LogP) is 3.87. The maximum Gasteiger partial charge on any atom is 0.239 e. The van der Waals surface area contributed by atoms with Crippen LogP contribution < -0.4 is 10.6 Å². The fraction of sp³-hybridized carbons (Fsp3) is 0.467. The number of rotatable bonds is 3. The number of amides is 2. The Morgan fingerprint density at radius 1 is 1.00 bits per heavy atom. The van der Waals surface area contributed by atoms with Crippen molar-refractivity contribution < 1.29 is 9.59 Å². The van der Waals surface area contributed by atoms with Gasteiger partial charge in [0, 0.05) is 10.6 Å². The summed E-state index contributed by atoms with van der Waals surface area (Å²) in [5.74, 6) is -0.786. The molecular formula is C15H20Cl2N2O2. The van der Waals surface area contributed by atoms with Gasteiger partial charge in [-0.1, -0.05) is 23.2 Å². The minimum absolute atomic E-state index is 0.322. The Bertz CT molecular complexity index is 563. The Kier molecular flexibility index (Phi) is 5.29. The lowest BCUT2D eigenvalue weighted by atomic mass is 9.89. The van der Waals surface area contributed by atoms with Crippen LogP contribution in [0.1, 0.15) is 34.6 Å². The third kappa shape index (κ3) is 4.90. The molecule has 0 aliphatic heterocycles. The van der Waals surface area contributed by atoms with Crippen LogP contribution in [0.5, 0.6) is 0 Å². The van der Waals surface area contributed by atoms with Crippen molar-refractivity contribution >= 4 is 40.7 Å². The molecule has 0 saturated carbocycles. The molecule has 0 aromatic heterocycles. The average Bonchev–Trinajstić information content (AvgIpc) is 2.30. The summed E-state index contributed by atoms with van der Waals surface area (Å²) in [6.07, 6.45) is 0. The molecule has 2 N–H and O–H groups in total. The van der Waals surface area contributed by atoms with Crippen molar-refractivity contribution in [1.82, 2.24) is 5.32 Å². The number of carbonyl (C=O) groups excluding carboxylic acids is 2. The second-order valence-corrected chi connectivity index (χ2v) is 7.25. The van der Waals surface area contributed by atoms with Crippen LogP contribution >= 0.6 is 23.2 Å². The number of carbonyl (C=O) groups is 2. The molecule has 0 radical (unpaired) electrons. The largest absolute Gasteiger partial charge is 0.351 e. The minimum Gasteiger partial charge on any atom is -0.351 e. The first-order valence-corrected chi connectivity index (χ1v) is 7.28. The first kappa shape index (κ1) is 17.8. The molecule has 0 aliphatic rings. The summed E-state index contributed by atoms with van der Waals surface area (Å²) in [5, 5.41) is 6.25. The molecule has 21 heavy (non-hydrogen) atoms. The van der Waals surface area contributed by atoms with E-state index in [1.807, 2.05) is 20.8 Å². The molecule has 1 aromatic carbocycles. The zero-order valence-electron chi connectivity index (χ0n) is 12.8. The standard InChI is InChI=1S/C15H20Cl2N2O2/c1-14(2,3)19-13(21)15(4,5)12(20)18-11-7-6-9(16)8-10(11)17/h6-8H,1-5H3,(H,18,20)(H,19,21). The summed E-state index contributed by atoms with van der Waals surface area (Å²) in [6.45, 7) is 8.69. The molecule has 2 amide bonds. The van der Waals surface area contributed by atoms with E-state index in [9.17, 15) is 9.59 Å². The lowest BCUT2D eigenvalue weighted by Crippen LogP contribution is -2.51. The van der Waals surface area contributed by atoms with E-state index in [2.05, 4.69) is 10.6 Å². The van der Waals surface area contributed by atoms with Crippen LogP contribution in [-0.2, 0) is 9.59 Å². The maximum atomic E-state index is 12.3. The Morgan fingerprint density at radius 2 is 1.57 bits per heavy atom. The summed E-state index contributed by atoms with van der Waals surface area (Å²) in [5.41, 5.74) is -1.22. The highest BCUT2D eigenvalue weighted by Crippen LogP contribution is 2.27. The van der Waals surface area contributed by atoms with E-state index in [1.165, 1.54) is 6.07 Å². The molecule has 4 nitrogen and oxygen atoms in total. The molecule has 116 valence electrons. The Balaban J connectivity index is 2.89. The van der Waals surface area contributed by atoms with Crippen molar-refractivity contribution in [2.24, 2.45) is 5.41 Å². The van der Waals surface area contributed by atoms with E-state index in [0.29, 0.717) is 15.7 Å². The van der Waals surface area contributed by atoms with Crippen molar-refractivity contribution in [2.45, 2.75) is 40.2 Å². The second kappa shape index (κ2) is 6.24. The van der Waals surface area contributed by atoms with Crippen LogP contribution in [0.15, 0.2) is 18.2 Å². The van der Waals surface area contributed by atoms with Crippen molar-refractivity contribution in [1.29, 1.82) is 0 Å². The molecule has 0 aliphatic carbocycles. The molecule has 0 spiro atoms. The molecule has 1 rings (SSSR count). The maximum absolute atomic E-state index is 12.3. The molecule has 6 heteroatoms. The monoisotopic (exact) mass is 330 g/mol. The third-order valence-electron chi connectivity index (χ3n) is 2.80. The number of anilines is 1. The number of hydrogen-bond donors (Lipinski definition) is 2. The topological polar surface area (TPSA) is 58.2 Å². The fourth-order valence-electron chi connectivity index (χ4n) is 1.47. The molecule has 0 bridgehead atoms. The Hall–Kier alpha value is -1.26. The summed E-state index contributed by atoms with van der Waals surface area (Å²) in [7, 11) is 0. The quantitative estimate of drug-likeness (QED) is 0.826. The van der Waals surface area contributed by atoms with Gasteiger partial charge in [0.05, 0.1) is 10.7 Å². The van der Waals surface area contributed by atoms with Gasteiger partial charge in [0.15, 0.2) is 0 Å². The van der Waals surface area contributed by atoms with Crippen molar-refractivity contribution in [3.8, 4) is 0 Å². The molecule has 0 unspecified atom stereocenters. The highest BCUT2D eigenvalue weighted by Gasteiger charge is 2.37. The lowest BCUT2D eigenvalue weighted by Gasteiger charge is -2.28. The van der Waals surface area contributed by atoms with Gasteiger partial charge in [0.1, 0.15) is 5.41 Å². The van der Waals surface area contributed by atoms with Gasteiger partial charge < -0.3 is 10.6 Å². The number of halogens is 2. The van der Waals surface area contributed by atoms with Gasteiger partial charge in [-0.05, 0) is 52.8 Å². The van der Waals surface area contributed by atoms with Crippen LogP contribution in [0.4, 0.5) is 5.69 Å². The molecule has 0 saturated heterocycles. The van der Waals surface area contributed by atoms with Crippen LogP contribution in [-0.4, -0.2) is 17.4 Å². The van der Waals surface area contributed by atoms with Gasteiger partial charge in [0.2, 0.25) is 11.8 Å². The Morgan fingerprint density at radius 3 is 2.05 bits per heavy atom. The van der Waals surface area contributed by atoms with E-state index in [0.717, 1.165) is 0 Å². The first-order chi connectivity index (χ1) is 9.43. The molecule has 0 heterocycles. The number of nitrogens with one attached hydrogen (secondary N) is 2. The number of hydrogen-bond acceptors (Lipinski definition) is 2. The average molecular weight is 331 g/mol. The second-order valence-electron chi connectivity index (χ2n) is 6.41. The van der Waals surface area contributed by atoms with E-state index >= 15 is 0 Å². The predicted molar refractivity (Wildman–Crippen MR) is 86.8 cm³/mol. The van der Waals surface area contributed by atoms with Gasteiger partial charge in [0.25, 0.3) is 0 Å².